The average molecular weight is 379 g/mol. The Labute approximate surface area is 159 Å². The first-order valence-corrected chi connectivity index (χ1v) is 8.50. The summed E-state index contributed by atoms with van der Waals surface area (Å²) in [6.45, 7) is 0. The molecule has 0 aliphatic rings. The van der Waals surface area contributed by atoms with E-state index in [1.54, 1.807) is 18.2 Å². The van der Waals surface area contributed by atoms with E-state index >= 15 is 0 Å². The summed E-state index contributed by atoms with van der Waals surface area (Å²) in [6.07, 6.45) is 0. The Bertz CT molecular complexity index is 1170. The number of hydrogen-bond acceptors (Lipinski definition) is 3. The number of ether oxygens (including phenoxy) is 1. The standard InChI is InChI=1S/C22H15F2NO3/c1-27-14-10-11-15-18(12-14)28-21(19(15)13-6-3-2-4-7-13)22(26)25-17-9-5-8-16(23)20(17)24/h2-12H,1H3,(H,25,26). The van der Waals surface area contributed by atoms with Gasteiger partial charge in [-0.1, -0.05) is 36.4 Å². The zero-order valence-electron chi connectivity index (χ0n) is 14.8. The number of furan rings is 1. The van der Waals surface area contributed by atoms with E-state index in [-0.39, 0.29) is 11.4 Å². The molecule has 3 aromatic carbocycles. The van der Waals surface area contributed by atoms with Crippen molar-refractivity contribution < 1.29 is 22.7 Å². The number of halogens is 2. The van der Waals surface area contributed by atoms with Gasteiger partial charge in [0.1, 0.15) is 11.3 Å². The molecule has 1 N–H and O–H groups in total. The smallest absolute Gasteiger partial charge is 0.292 e. The highest BCUT2D eigenvalue weighted by Crippen LogP contribution is 2.37. The summed E-state index contributed by atoms with van der Waals surface area (Å²) in [7, 11) is 1.53. The summed E-state index contributed by atoms with van der Waals surface area (Å²) in [5.74, 6) is -2.29. The molecule has 6 heteroatoms. The minimum Gasteiger partial charge on any atom is -0.497 e. The summed E-state index contributed by atoms with van der Waals surface area (Å²) in [5.41, 5.74) is 1.51. The van der Waals surface area contributed by atoms with Crippen LogP contribution in [0.15, 0.2) is 71.1 Å². The molecule has 0 unspecified atom stereocenters. The fraction of sp³-hybridized carbons (Fsp3) is 0.0455. The average Bonchev–Trinajstić information content (AvgIpc) is 3.10. The molecule has 0 atom stereocenters. The van der Waals surface area contributed by atoms with Crippen molar-refractivity contribution in [3.63, 3.8) is 0 Å². The van der Waals surface area contributed by atoms with Crippen LogP contribution in [0.25, 0.3) is 22.1 Å². The molecule has 0 saturated heterocycles. The fourth-order valence-electron chi connectivity index (χ4n) is 3.03. The molecule has 1 amide bonds. The molecule has 0 saturated carbocycles. The molecule has 0 aliphatic heterocycles. The number of rotatable bonds is 4. The van der Waals surface area contributed by atoms with Crippen LogP contribution in [-0.4, -0.2) is 13.0 Å². The summed E-state index contributed by atoms with van der Waals surface area (Å²) in [4.78, 5) is 12.9. The lowest BCUT2D eigenvalue weighted by Gasteiger charge is -2.07. The minimum absolute atomic E-state index is 0.00175. The van der Waals surface area contributed by atoms with Gasteiger partial charge in [0.05, 0.1) is 12.8 Å². The van der Waals surface area contributed by atoms with Crippen molar-refractivity contribution in [1.29, 1.82) is 0 Å². The zero-order valence-corrected chi connectivity index (χ0v) is 14.8. The minimum atomic E-state index is -1.13. The zero-order chi connectivity index (χ0) is 19.7. The lowest BCUT2D eigenvalue weighted by molar-refractivity contribution is 0.0999. The lowest BCUT2D eigenvalue weighted by atomic mass is 10.0. The molecule has 4 aromatic rings. The van der Waals surface area contributed by atoms with Crippen LogP contribution >= 0.6 is 0 Å². The predicted octanol–water partition coefficient (Wildman–Crippen LogP) is 5.64. The molecule has 28 heavy (non-hydrogen) atoms. The highest BCUT2D eigenvalue weighted by atomic mass is 19.2. The molecule has 4 rings (SSSR count). The van der Waals surface area contributed by atoms with Crippen LogP contribution in [0.4, 0.5) is 14.5 Å². The number of nitrogens with one attached hydrogen (secondary N) is 1. The number of anilines is 1. The first-order chi connectivity index (χ1) is 13.6. The monoisotopic (exact) mass is 379 g/mol. The van der Waals surface area contributed by atoms with Gasteiger partial charge in [0, 0.05) is 17.0 Å². The summed E-state index contributed by atoms with van der Waals surface area (Å²) in [5, 5.41) is 3.09. The molecule has 0 bridgehead atoms. The quantitative estimate of drug-likeness (QED) is 0.499. The Hall–Kier alpha value is -3.67. The molecule has 0 spiro atoms. The Balaban J connectivity index is 1.85. The van der Waals surface area contributed by atoms with E-state index in [1.165, 1.54) is 19.2 Å². The van der Waals surface area contributed by atoms with Crippen LogP contribution in [0.3, 0.4) is 0 Å². The Morgan fingerprint density at radius 1 is 1.00 bits per heavy atom. The Morgan fingerprint density at radius 3 is 2.54 bits per heavy atom. The van der Waals surface area contributed by atoms with Gasteiger partial charge in [-0.3, -0.25) is 4.79 Å². The molecular formula is C22H15F2NO3. The van der Waals surface area contributed by atoms with Crippen molar-refractivity contribution in [2.45, 2.75) is 0 Å². The van der Waals surface area contributed by atoms with E-state index < -0.39 is 17.5 Å². The van der Waals surface area contributed by atoms with Gasteiger partial charge in [0.2, 0.25) is 5.76 Å². The number of hydrogen-bond donors (Lipinski definition) is 1. The molecule has 1 heterocycles. The second-order valence-corrected chi connectivity index (χ2v) is 6.09. The number of fused-ring (bicyclic) bond motifs is 1. The number of methoxy groups -OCH3 is 1. The van der Waals surface area contributed by atoms with Gasteiger partial charge in [0.25, 0.3) is 5.91 Å². The Kier molecular flexibility index (Phi) is 4.53. The molecule has 1 aromatic heterocycles. The molecule has 0 fully saturated rings. The van der Waals surface area contributed by atoms with Gasteiger partial charge in [-0.05, 0) is 29.8 Å². The third-order valence-corrected chi connectivity index (χ3v) is 4.37. The predicted molar refractivity (Wildman–Crippen MR) is 103 cm³/mol. The van der Waals surface area contributed by atoms with Gasteiger partial charge in [-0.2, -0.15) is 0 Å². The van der Waals surface area contributed by atoms with Gasteiger partial charge < -0.3 is 14.5 Å². The Morgan fingerprint density at radius 2 is 1.79 bits per heavy atom. The number of carbonyl (C=O) groups excluding carboxylic acids is 1. The molecule has 4 nitrogen and oxygen atoms in total. The second kappa shape index (κ2) is 7.15. The first-order valence-electron chi connectivity index (χ1n) is 8.50. The summed E-state index contributed by atoms with van der Waals surface area (Å²) >= 11 is 0. The van der Waals surface area contributed by atoms with E-state index in [0.717, 1.165) is 11.6 Å². The van der Waals surface area contributed by atoms with Gasteiger partial charge in [-0.15, -0.1) is 0 Å². The fourth-order valence-corrected chi connectivity index (χ4v) is 3.03. The van der Waals surface area contributed by atoms with Gasteiger partial charge >= 0.3 is 0 Å². The van der Waals surface area contributed by atoms with Crippen molar-refractivity contribution in [2.75, 3.05) is 12.4 Å². The van der Waals surface area contributed by atoms with Crippen LogP contribution in [0, 0.1) is 11.6 Å². The third-order valence-electron chi connectivity index (χ3n) is 4.37. The van der Waals surface area contributed by atoms with Crippen molar-refractivity contribution >= 4 is 22.6 Å². The first kappa shape index (κ1) is 17.7. The SMILES string of the molecule is COc1ccc2c(-c3ccccc3)c(C(=O)Nc3cccc(F)c3F)oc2c1. The maximum absolute atomic E-state index is 14.0. The van der Waals surface area contributed by atoms with E-state index in [1.807, 2.05) is 30.3 Å². The van der Waals surface area contributed by atoms with Crippen LogP contribution in [0.5, 0.6) is 5.75 Å². The number of benzene rings is 3. The summed E-state index contributed by atoms with van der Waals surface area (Å²) in [6, 6.07) is 18.0. The van der Waals surface area contributed by atoms with Gasteiger partial charge in [0.15, 0.2) is 11.6 Å². The number of amides is 1. The molecule has 140 valence electrons. The van der Waals surface area contributed by atoms with Crippen LogP contribution in [0.1, 0.15) is 10.6 Å². The van der Waals surface area contributed by atoms with E-state index in [0.29, 0.717) is 22.3 Å². The van der Waals surface area contributed by atoms with Crippen molar-refractivity contribution in [3.8, 4) is 16.9 Å². The van der Waals surface area contributed by atoms with Crippen LogP contribution in [0.2, 0.25) is 0 Å². The normalized spacial score (nSPS) is 10.8. The highest BCUT2D eigenvalue weighted by Gasteiger charge is 2.23. The van der Waals surface area contributed by atoms with E-state index in [2.05, 4.69) is 5.32 Å². The van der Waals surface area contributed by atoms with Crippen LogP contribution < -0.4 is 10.1 Å². The maximum Gasteiger partial charge on any atom is 0.292 e. The largest absolute Gasteiger partial charge is 0.497 e. The highest BCUT2D eigenvalue weighted by molar-refractivity contribution is 6.12. The van der Waals surface area contributed by atoms with Crippen molar-refractivity contribution in [3.05, 3.63) is 84.1 Å². The molecule has 0 aliphatic carbocycles. The molecular weight excluding hydrogens is 364 g/mol. The van der Waals surface area contributed by atoms with E-state index in [9.17, 15) is 13.6 Å². The number of carbonyl (C=O) groups is 1. The topological polar surface area (TPSA) is 51.5 Å². The lowest BCUT2D eigenvalue weighted by Crippen LogP contribution is -2.13. The summed E-state index contributed by atoms with van der Waals surface area (Å²) < 4.78 is 38.4. The van der Waals surface area contributed by atoms with Crippen LogP contribution in [-0.2, 0) is 0 Å². The van der Waals surface area contributed by atoms with Gasteiger partial charge in [-0.25, -0.2) is 8.78 Å². The van der Waals surface area contributed by atoms with Crippen molar-refractivity contribution in [2.24, 2.45) is 0 Å². The second-order valence-electron chi connectivity index (χ2n) is 6.09. The molecule has 0 radical (unpaired) electrons. The van der Waals surface area contributed by atoms with E-state index in [4.69, 9.17) is 9.15 Å². The third kappa shape index (κ3) is 3.09. The van der Waals surface area contributed by atoms with Crippen molar-refractivity contribution in [1.82, 2.24) is 0 Å². The maximum atomic E-state index is 14.0.